The van der Waals surface area contributed by atoms with E-state index in [4.69, 9.17) is 0 Å². The molecule has 0 bridgehead atoms. The molecule has 1 heterocycles. The maximum absolute atomic E-state index is 4.20. The molecule has 13 heavy (non-hydrogen) atoms. The van der Waals surface area contributed by atoms with Crippen LogP contribution in [0.2, 0.25) is 0 Å². The SMILES string of the molecule is C=CCC(C)NCc1cnc(C)s1. The van der Waals surface area contributed by atoms with Crippen LogP contribution in [0.1, 0.15) is 23.2 Å². The number of aromatic nitrogens is 1. The van der Waals surface area contributed by atoms with Crippen molar-refractivity contribution >= 4 is 11.3 Å². The van der Waals surface area contributed by atoms with Gasteiger partial charge in [-0.1, -0.05) is 6.08 Å². The molecule has 0 amide bonds. The zero-order chi connectivity index (χ0) is 9.68. The van der Waals surface area contributed by atoms with E-state index >= 15 is 0 Å². The van der Waals surface area contributed by atoms with E-state index in [1.807, 2.05) is 19.2 Å². The molecule has 72 valence electrons. The van der Waals surface area contributed by atoms with E-state index in [9.17, 15) is 0 Å². The Hall–Kier alpha value is -0.670. The molecule has 0 saturated heterocycles. The Morgan fingerprint density at radius 3 is 3.08 bits per heavy atom. The molecule has 0 fully saturated rings. The highest BCUT2D eigenvalue weighted by atomic mass is 32.1. The van der Waals surface area contributed by atoms with Crippen LogP contribution in [0.15, 0.2) is 18.9 Å². The summed E-state index contributed by atoms with van der Waals surface area (Å²) in [5.41, 5.74) is 0. The minimum Gasteiger partial charge on any atom is -0.309 e. The number of aryl methyl sites for hydroxylation is 1. The first-order valence-corrected chi connectivity index (χ1v) is 5.29. The summed E-state index contributed by atoms with van der Waals surface area (Å²) >= 11 is 1.75. The molecule has 1 aromatic rings. The predicted molar refractivity (Wildman–Crippen MR) is 58.0 cm³/mol. The first-order chi connectivity index (χ1) is 6.22. The summed E-state index contributed by atoms with van der Waals surface area (Å²) in [5, 5.41) is 4.54. The van der Waals surface area contributed by atoms with Gasteiger partial charge in [-0.3, -0.25) is 0 Å². The third-order valence-electron chi connectivity index (χ3n) is 1.81. The van der Waals surface area contributed by atoms with Crippen LogP contribution in [0.25, 0.3) is 0 Å². The fraction of sp³-hybridized carbons (Fsp3) is 0.500. The molecule has 1 aromatic heterocycles. The van der Waals surface area contributed by atoms with E-state index in [-0.39, 0.29) is 0 Å². The third-order valence-corrected chi connectivity index (χ3v) is 2.73. The van der Waals surface area contributed by atoms with E-state index < -0.39 is 0 Å². The van der Waals surface area contributed by atoms with Crippen molar-refractivity contribution in [2.75, 3.05) is 0 Å². The smallest absolute Gasteiger partial charge is 0.0897 e. The summed E-state index contributed by atoms with van der Waals surface area (Å²) in [5.74, 6) is 0. The van der Waals surface area contributed by atoms with Gasteiger partial charge in [0.1, 0.15) is 0 Å². The van der Waals surface area contributed by atoms with Crippen molar-refractivity contribution in [3.05, 3.63) is 28.7 Å². The highest BCUT2D eigenvalue weighted by Crippen LogP contribution is 2.11. The van der Waals surface area contributed by atoms with Crippen molar-refractivity contribution < 1.29 is 0 Å². The summed E-state index contributed by atoms with van der Waals surface area (Å²) < 4.78 is 0. The van der Waals surface area contributed by atoms with Crippen LogP contribution in [-0.2, 0) is 6.54 Å². The Bertz CT molecular complexity index is 268. The van der Waals surface area contributed by atoms with Gasteiger partial charge in [0.15, 0.2) is 0 Å². The van der Waals surface area contributed by atoms with E-state index in [1.165, 1.54) is 4.88 Å². The fourth-order valence-corrected chi connectivity index (χ4v) is 1.84. The Balaban J connectivity index is 2.30. The maximum atomic E-state index is 4.20. The number of nitrogens with zero attached hydrogens (tertiary/aromatic N) is 1. The van der Waals surface area contributed by atoms with Crippen LogP contribution in [0.3, 0.4) is 0 Å². The quantitative estimate of drug-likeness (QED) is 0.732. The highest BCUT2D eigenvalue weighted by molar-refractivity contribution is 7.11. The first-order valence-electron chi connectivity index (χ1n) is 4.48. The second-order valence-electron chi connectivity index (χ2n) is 3.15. The molecule has 1 N–H and O–H groups in total. The van der Waals surface area contributed by atoms with Crippen molar-refractivity contribution in [2.24, 2.45) is 0 Å². The summed E-state index contributed by atoms with van der Waals surface area (Å²) in [4.78, 5) is 5.50. The second-order valence-corrected chi connectivity index (χ2v) is 4.47. The Kier molecular flexibility index (Phi) is 4.12. The predicted octanol–water partition coefficient (Wildman–Crippen LogP) is 2.51. The molecule has 1 rings (SSSR count). The minimum atomic E-state index is 0.500. The van der Waals surface area contributed by atoms with Crippen molar-refractivity contribution in [1.29, 1.82) is 0 Å². The van der Waals surface area contributed by atoms with Gasteiger partial charge in [0.05, 0.1) is 5.01 Å². The number of rotatable bonds is 5. The number of nitrogens with one attached hydrogen (secondary N) is 1. The van der Waals surface area contributed by atoms with Gasteiger partial charge in [-0.05, 0) is 20.3 Å². The molecule has 0 aliphatic rings. The van der Waals surface area contributed by atoms with Gasteiger partial charge in [0.25, 0.3) is 0 Å². The average molecular weight is 196 g/mol. The lowest BCUT2D eigenvalue weighted by atomic mass is 10.2. The molecule has 3 heteroatoms. The van der Waals surface area contributed by atoms with Crippen molar-refractivity contribution in [3.8, 4) is 0 Å². The van der Waals surface area contributed by atoms with Crippen LogP contribution in [0.5, 0.6) is 0 Å². The topological polar surface area (TPSA) is 24.9 Å². The molecule has 0 saturated carbocycles. The molecule has 0 spiro atoms. The number of thiazole rings is 1. The molecular formula is C10H16N2S. The van der Waals surface area contributed by atoms with Crippen molar-refractivity contribution in [2.45, 2.75) is 32.9 Å². The van der Waals surface area contributed by atoms with Gasteiger partial charge in [0, 0.05) is 23.7 Å². The van der Waals surface area contributed by atoms with Gasteiger partial charge >= 0.3 is 0 Å². The Morgan fingerprint density at radius 1 is 1.77 bits per heavy atom. The van der Waals surface area contributed by atoms with Crippen LogP contribution in [0.4, 0.5) is 0 Å². The average Bonchev–Trinajstić information content (AvgIpc) is 2.49. The summed E-state index contributed by atoms with van der Waals surface area (Å²) in [6.45, 7) is 8.82. The minimum absolute atomic E-state index is 0.500. The van der Waals surface area contributed by atoms with E-state index in [0.717, 1.165) is 18.0 Å². The Morgan fingerprint density at radius 2 is 2.54 bits per heavy atom. The van der Waals surface area contributed by atoms with E-state index in [2.05, 4.69) is 23.8 Å². The normalized spacial score (nSPS) is 12.8. The Labute approximate surface area is 83.7 Å². The van der Waals surface area contributed by atoms with Crippen LogP contribution < -0.4 is 5.32 Å². The zero-order valence-corrected chi connectivity index (χ0v) is 9.03. The van der Waals surface area contributed by atoms with Gasteiger partial charge in [-0.15, -0.1) is 17.9 Å². The molecule has 0 aromatic carbocycles. The van der Waals surface area contributed by atoms with Gasteiger partial charge < -0.3 is 5.32 Å². The first kappa shape index (κ1) is 10.4. The lowest BCUT2D eigenvalue weighted by Crippen LogP contribution is -2.24. The summed E-state index contributed by atoms with van der Waals surface area (Å²) in [6.07, 6.45) is 4.89. The van der Waals surface area contributed by atoms with E-state index in [1.54, 1.807) is 11.3 Å². The van der Waals surface area contributed by atoms with Gasteiger partial charge in [-0.25, -0.2) is 4.98 Å². The fourth-order valence-electron chi connectivity index (χ4n) is 1.10. The van der Waals surface area contributed by atoms with Crippen LogP contribution >= 0.6 is 11.3 Å². The monoisotopic (exact) mass is 196 g/mol. The maximum Gasteiger partial charge on any atom is 0.0897 e. The molecule has 0 aliphatic heterocycles. The van der Waals surface area contributed by atoms with Gasteiger partial charge in [0.2, 0.25) is 0 Å². The van der Waals surface area contributed by atoms with Gasteiger partial charge in [-0.2, -0.15) is 0 Å². The largest absolute Gasteiger partial charge is 0.309 e. The zero-order valence-electron chi connectivity index (χ0n) is 8.21. The van der Waals surface area contributed by atoms with E-state index in [0.29, 0.717) is 6.04 Å². The molecule has 1 atom stereocenters. The lowest BCUT2D eigenvalue weighted by Gasteiger charge is -2.09. The lowest BCUT2D eigenvalue weighted by molar-refractivity contribution is 0.557. The van der Waals surface area contributed by atoms with Crippen molar-refractivity contribution in [1.82, 2.24) is 10.3 Å². The third kappa shape index (κ3) is 3.70. The summed E-state index contributed by atoms with van der Waals surface area (Å²) in [6, 6.07) is 0.500. The summed E-state index contributed by atoms with van der Waals surface area (Å²) in [7, 11) is 0. The van der Waals surface area contributed by atoms with Crippen LogP contribution in [0, 0.1) is 6.92 Å². The molecule has 2 nitrogen and oxygen atoms in total. The van der Waals surface area contributed by atoms with Crippen molar-refractivity contribution in [3.63, 3.8) is 0 Å². The molecule has 1 unspecified atom stereocenters. The molecule has 0 radical (unpaired) electrons. The number of hydrogen-bond donors (Lipinski definition) is 1. The molecule has 0 aliphatic carbocycles. The molecular weight excluding hydrogens is 180 g/mol. The second kappa shape index (κ2) is 5.14. The van der Waals surface area contributed by atoms with Crippen LogP contribution in [-0.4, -0.2) is 11.0 Å². The highest BCUT2D eigenvalue weighted by Gasteiger charge is 2.00. The number of hydrogen-bond acceptors (Lipinski definition) is 3. The standard InChI is InChI=1S/C10H16N2S/c1-4-5-8(2)11-6-10-7-12-9(3)13-10/h4,7-8,11H,1,5-6H2,2-3H3.